The van der Waals surface area contributed by atoms with Crippen LogP contribution in [0.3, 0.4) is 0 Å². The first-order valence-electron chi connectivity index (χ1n) is 5.62. The number of hydrogen-bond donors (Lipinski definition) is 2. The van der Waals surface area contributed by atoms with E-state index in [0.717, 1.165) is 0 Å². The number of rotatable bonds is 5. The summed E-state index contributed by atoms with van der Waals surface area (Å²) in [6, 6.07) is 0. The van der Waals surface area contributed by atoms with E-state index in [9.17, 15) is 4.79 Å². The molecule has 15 heavy (non-hydrogen) atoms. The summed E-state index contributed by atoms with van der Waals surface area (Å²) in [7, 11) is 0. The molecule has 0 saturated heterocycles. The van der Waals surface area contributed by atoms with Crippen molar-refractivity contribution >= 4 is 5.97 Å². The summed E-state index contributed by atoms with van der Waals surface area (Å²) in [5.74, 6) is -0.408. The minimum absolute atomic E-state index is 0.0961. The molecule has 1 aliphatic carbocycles. The van der Waals surface area contributed by atoms with Crippen molar-refractivity contribution < 1.29 is 14.6 Å². The van der Waals surface area contributed by atoms with E-state index < -0.39 is 11.5 Å². The number of hydrogen-bond acceptors (Lipinski definition) is 3. The van der Waals surface area contributed by atoms with Crippen molar-refractivity contribution in [2.24, 2.45) is 11.7 Å². The molecule has 4 heteroatoms. The second-order valence-electron chi connectivity index (χ2n) is 4.74. The lowest BCUT2D eigenvalue weighted by molar-refractivity contribution is -0.145. The highest BCUT2D eigenvalue weighted by molar-refractivity contribution is 5.77. The van der Waals surface area contributed by atoms with Gasteiger partial charge in [0, 0.05) is 6.61 Å². The molecular weight excluding hydrogens is 194 g/mol. The summed E-state index contributed by atoms with van der Waals surface area (Å²) >= 11 is 0. The third-order valence-electron chi connectivity index (χ3n) is 2.97. The average molecular weight is 215 g/mol. The zero-order chi connectivity index (χ0) is 11.3. The number of carbonyl (C=O) groups is 1. The van der Waals surface area contributed by atoms with E-state index in [2.05, 4.69) is 0 Å². The predicted octanol–water partition coefficient (Wildman–Crippen LogP) is 1.39. The Balaban J connectivity index is 2.17. The molecule has 1 saturated carbocycles. The molecule has 0 aliphatic heterocycles. The third kappa shape index (κ3) is 4.18. The molecule has 0 aromatic rings. The predicted molar refractivity (Wildman–Crippen MR) is 57.6 cm³/mol. The molecule has 0 aromatic carbocycles. The molecule has 0 radical (unpaired) electrons. The summed E-state index contributed by atoms with van der Waals surface area (Å²) in [4.78, 5) is 10.7. The molecule has 0 spiro atoms. The van der Waals surface area contributed by atoms with Crippen molar-refractivity contribution in [3.63, 3.8) is 0 Å². The van der Waals surface area contributed by atoms with Gasteiger partial charge in [-0.3, -0.25) is 4.79 Å². The third-order valence-corrected chi connectivity index (χ3v) is 2.97. The van der Waals surface area contributed by atoms with Gasteiger partial charge in [0.1, 0.15) is 5.54 Å². The van der Waals surface area contributed by atoms with Crippen LogP contribution in [-0.4, -0.2) is 29.8 Å². The van der Waals surface area contributed by atoms with Crippen LogP contribution in [0, 0.1) is 5.92 Å². The van der Waals surface area contributed by atoms with Crippen molar-refractivity contribution in [2.75, 3.05) is 13.2 Å². The van der Waals surface area contributed by atoms with Gasteiger partial charge in [0.15, 0.2) is 0 Å². The summed E-state index contributed by atoms with van der Waals surface area (Å²) < 4.78 is 5.39. The van der Waals surface area contributed by atoms with E-state index in [4.69, 9.17) is 15.6 Å². The van der Waals surface area contributed by atoms with Gasteiger partial charge in [0.25, 0.3) is 0 Å². The molecule has 0 aromatic heterocycles. The molecule has 1 unspecified atom stereocenters. The first-order chi connectivity index (χ1) is 7.02. The Kier molecular flexibility index (Phi) is 4.54. The van der Waals surface area contributed by atoms with Gasteiger partial charge in [-0.15, -0.1) is 0 Å². The Hall–Kier alpha value is -0.610. The smallest absolute Gasteiger partial charge is 0.325 e. The van der Waals surface area contributed by atoms with Gasteiger partial charge in [-0.1, -0.05) is 19.3 Å². The molecule has 1 aliphatic rings. The molecule has 4 nitrogen and oxygen atoms in total. The molecule has 88 valence electrons. The summed E-state index contributed by atoms with van der Waals surface area (Å²) in [6.07, 6.45) is 6.27. The van der Waals surface area contributed by atoms with Gasteiger partial charge in [-0.05, 0) is 25.7 Å². The summed E-state index contributed by atoms with van der Waals surface area (Å²) in [6.45, 7) is 2.23. The Morgan fingerprint density at radius 1 is 1.47 bits per heavy atom. The number of ether oxygens (including phenoxy) is 1. The highest BCUT2D eigenvalue weighted by Crippen LogP contribution is 2.23. The fourth-order valence-electron chi connectivity index (χ4n) is 1.85. The van der Waals surface area contributed by atoms with Crippen molar-refractivity contribution in [1.82, 2.24) is 0 Å². The van der Waals surface area contributed by atoms with E-state index >= 15 is 0 Å². The molecule has 0 bridgehead atoms. The molecule has 0 heterocycles. The summed E-state index contributed by atoms with van der Waals surface area (Å²) in [5, 5.41) is 8.77. The zero-order valence-corrected chi connectivity index (χ0v) is 9.37. The van der Waals surface area contributed by atoms with Crippen LogP contribution in [0.4, 0.5) is 0 Å². The second-order valence-corrected chi connectivity index (χ2v) is 4.74. The van der Waals surface area contributed by atoms with Crippen LogP contribution in [0.15, 0.2) is 0 Å². The molecule has 1 fully saturated rings. The Morgan fingerprint density at radius 2 is 2.07 bits per heavy atom. The van der Waals surface area contributed by atoms with Gasteiger partial charge < -0.3 is 15.6 Å². The highest BCUT2D eigenvalue weighted by Gasteiger charge is 2.28. The molecule has 3 N–H and O–H groups in total. The largest absolute Gasteiger partial charge is 0.480 e. The van der Waals surface area contributed by atoms with Gasteiger partial charge >= 0.3 is 5.97 Å². The lowest BCUT2D eigenvalue weighted by Gasteiger charge is -2.24. The van der Waals surface area contributed by atoms with Crippen LogP contribution in [0.5, 0.6) is 0 Å². The Morgan fingerprint density at radius 3 is 2.60 bits per heavy atom. The first kappa shape index (κ1) is 12.5. The van der Waals surface area contributed by atoms with Gasteiger partial charge in [-0.25, -0.2) is 0 Å². The van der Waals surface area contributed by atoms with Crippen molar-refractivity contribution in [1.29, 1.82) is 0 Å². The lowest BCUT2D eigenvalue weighted by Crippen LogP contribution is -2.49. The fraction of sp³-hybridized carbons (Fsp3) is 0.909. The van der Waals surface area contributed by atoms with Crippen LogP contribution in [0.2, 0.25) is 0 Å². The summed E-state index contributed by atoms with van der Waals surface area (Å²) in [5.41, 5.74) is 4.30. The lowest BCUT2D eigenvalue weighted by atomic mass is 9.90. The maximum atomic E-state index is 10.7. The SMILES string of the molecule is CC(N)(COCC1CCCCC1)C(=O)O. The highest BCUT2D eigenvalue weighted by atomic mass is 16.5. The van der Waals surface area contributed by atoms with Crippen LogP contribution in [0.25, 0.3) is 0 Å². The van der Waals surface area contributed by atoms with Crippen molar-refractivity contribution in [2.45, 2.75) is 44.6 Å². The van der Waals surface area contributed by atoms with Gasteiger partial charge in [0.05, 0.1) is 6.61 Å². The number of aliphatic carboxylic acids is 1. The van der Waals surface area contributed by atoms with Crippen molar-refractivity contribution in [3.8, 4) is 0 Å². The molecule has 1 rings (SSSR count). The quantitative estimate of drug-likeness (QED) is 0.726. The topological polar surface area (TPSA) is 72.5 Å². The zero-order valence-electron chi connectivity index (χ0n) is 9.37. The van der Waals surface area contributed by atoms with E-state index in [1.165, 1.54) is 39.0 Å². The minimum Gasteiger partial charge on any atom is -0.480 e. The Bertz CT molecular complexity index is 210. The standard InChI is InChI=1S/C11H21NO3/c1-11(12,10(13)14)8-15-7-9-5-3-2-4-6-9/h9H,2-8,12H2,1H3,(H,13,14). The molecule has 0 amide bonds. The monoisotopic (exact) mass is 215 g/mol. The molecular formula is C11H21NO3. The second kappa shape index (κ2) is 5.47. The maximum absolute atomic E-state index is 10.7. The van der Waals surface area contributed by atoms with Gasteiger partial charge in [0.2, 0.25) is 0 Å². The minimum atomic E-state index is -1.26. The number of carboxylic acid groups (broad SMARTS) is 1. The van der Waals surface area contributed by atoms with Crippen LogP contribution in [0.1, 0.15) is 39.0 Å². The van der Waals surface area contributed by atoms with Crippen LogP contribution in [-0.2, 0) is 9.53 Å². The van der Waals surface area contributed by atoms with Crippen molar-refractivity contribution in [3.05, 3.63) is 0 Å². The van der Waals surface area contributed by atoms with Crippen LogP contribution < -0.4 is 5.73 Å². The van der Waals surface area contributed by atoms with Gasteiger partial charge in [-0.2, -0.15) is 0 Å². The van der Waals surface area contributed by atoms with E-state index in [0.29, 0.717) is 12.5 Å². The first-order valence-corrected chi connectivity index (χ1v) is 5.62. The van der Waals surface area contributed by atoms with Crippen LogP contribution >= 0.6 is 0 Å². The van der Waals surface area contributed by atoms with E-state index in [1.807, 2.05) is 0 Å². The normalized spacial score (nSPS) is 22.3. The number of carboxylic acids is 1. The number of nitrogens with two attached hydrogens (primary N) is 1. The Labute approximate surface area is 90.8 Å². The van der Waals surface area contributed by atoms with E-state index in [1.54, 1.807) is 0 Å². The molecule has 1 atom stereocenters. The maximum Gasteiger partial charge on any atom is 0.325 e. The fourth-order valence-corrected chi connectivity index (χ4v) is 1.85. The average Bonchev–Trinajstić information content (AvgIpc) is 2.19. The van der Waals surface area contributed by atoms with E-state index in [-0.39, 0.29) is 6.61 Å².